The first-order valence-electron chi connectivity index (χ1n) is 9.02. The fourth-order valence-corrected chi connectivity index (χ4v) is 3.38. The molecule has 1 aliphatic heterocycles. The zero-order valence-electron chi connectivity index (χ0n) is 15.7. The molecule has 27 heavy (non-hydrogen) atoms. The number of hydrogen-bond donors (Lipinski definition) is 0. The maximum Gasteiger partial charge on any atom is 0.235 e. The van der Waals surface area contributed by atoms with Gasteiger partial charge in [0.25, 0.3) is 0 Å². The molecule has 0 bridgehead atoms. The van der Waals surface area contributed by atoms with Crippen molar-refractivity contribution in [1.82, 2.24) is 15.1 Å². The molecule has 2 aromatic heterocycles. The van der Waals surface area contributed by atoms with E-state index in [9.17, 15) is 5.26 Å². The average molecular weight is 363 g/mol. The van der Waals surface area contributed by atoms with Crippen LogP contribution in [0.4, 0.5) is 5.88 Å². The minimum atomic E-state index is -0.162. The maximum atomic E-state index is 9.50. The number of nitriles is 1. The molecule has 1 aliphatic rings. The zero-order chi connectivity index (χ0) is 19.0. The Morgan fingerprint density at radius 3 is 2.41 bits per heavy atom. The largest absolute Gasteiger partial charge is 0.419 e. The van der Waals surface area contributed by atoms with E-state index in [1.807, 2.05) is 38.1 Å². The van der Waals surface area contributed by atoms with Gasteiger partial charge in [0, 0.05) is 18.7 Å². The molecular weight excluding hydrogens is 342 g/mol. The third kappa shape index (κ3) is 3.19. The highest BCUT2D eigenvalue weighted by molar-refractivity contribution is 5.60. The van der Waals surface area contributed by atoms with Crippen LogP contribution in [0.2, 0.25) is 0 Å². The van der Waals surface area contributed by atoms with Crippen molar-refractivity contribution in [3.05, 3.63) is 47.2 Å². The van der Waals surface area contributed by atoms with Gasteiger partial charge in [-0.25, -0.2) is 0 Å². The first-order chi connectivity index (χ1) is 13.0. The Kier molecular flexibility index (Phi) is 4.19. The monoisotopic (exact) mass is 363 g/mol. The lowest BCUT2D eigenvalue weighted by Gasteiger charge is -2.36. The van der Waals surface area contributed by atoms with Gasteiger partial charge in [-0.15, -0.1) is 0 Å². The van der Waals surface area contributed by atoms with Gasteiger partial charge in [-0.2, -0.15) is 15.2 Å². The Hall–Kier alpha value is -3.14. The minimum Gasteiger partial charge on any atom is -0.419 e. The molecule has 0 saturated carbocycles. The number of nitrogens with zero attached hydrogens (tertiary/aromatic N) is 5. The molecule has 7 nitrogen and oxygen atoms in total. The van der Waals surface area contributed by atoms with Crippen LogP contribution in [0.25, 0.3) is 11.5 Å². The van der Waals surface area contributed by atoms with E-state index >= 15 is 0 Å². The van der Waals surface area contributed by atoms with Crippen LogP contribution < -0.4 is 4.90 Å². The third-order valence-corrected chi connectivity index (χ3v) is 5.21. The molecule has 0 radical (unpaired) electrons. The predicted molar refractivity (Wildman–Crippen MR) is 99.2 cm³/mol. The van der Waals surface area contributed by atoms with Crippen molar-refractivity contribution in [3.8, 4) is 17.5 Å². The van der Waals surface area contributed by atoms with Gasteiger partial charge < -0.3 is 13.8 Å². The quantitative estimate of drug-likeness (QED) is 0.699. The second-order valence-corrected chi connectivity index (χ2v) is 7.35. The number of aromatic nitrogens is 3. The van der Waals surface area contributed by atoms with Gasteiger partial charge in [-0.05, 0) is 38.8 Å². The highest BCUT2D eigenvalue weighted by atomic mass is 16.5. The Balaban J connectivity index is 1.56. The van der Waals surface area contributed by atoms with E-state index in [4.69, 9.17) is 8.94 Å². The Morgan fingerprint density at radius 2 is 1.81 bits per heavy atom. The number of piperidine rings is 1. The van der Waals surface area contributed by atoms with E-state index in [1.54, 1.807) is 0 Å². The van der Waals surface area contributed by atoms with Crippen LogP contribution in [0.1, 0.15) is 42.7 Å². The first-order valence-corrected chi connectivity index (χ1v) is 9.02. The van der Waals surface area contributed by atoms with Gasteiger partial charge in [0.1, 0.15) is 6.07 Å². The summed E-state index contributed by atoms with van der Waals surface area (Å²) in [5.74, 6) is 2.34. The van der Waals surface area contributed by atoms with Gasteiger partial charge in [0.05, 0.1) is 5.41 Å². The Bertz CT molecular complexity index is 988. The normalized spacial score (nSPS) is 16.3. The number of anilines is 1. The number of oxazole rings is 1. The third-order valence-electron chi connectivity index (χ3n) is 5.21. The number of hydrogen-bond acceptors (Lipinski definition) is 7. The summed E-state index contributed by atoms with van der Waals surface area (Å²) in [4.78, 5) is 10.9. The molecule has 3 heterocycles. The summed E-state index contributed by atoms with van der Waals surface area (Å²) >= 11 is 0. The lowest BCUT2D eigenvalue weighted by Crippen LogP contribution is -2.41. The standard InChI is InChI=1S/C20H21N5O2/c1-13-4-6-15(7-5-13)17-23-16(12-21)18(26-17)25-10-8-20(3,9-11-25)19-22-14(2)24-27-19/h4-7H,8-11H2,1-3H3. The molecule has 1 aromatic carbocycles. The topological polar surface area (TPSA) is 92.0 Å². The fourth-order valence-electron chi connectivity index (χ4n) is 3.38. The predicted octanol–water partition coefficient (Wildman–Crippen LogP) is 3.77. The smallest absolute Gasteiger partial charge is 0.235 e. The maximum absolute atomic E-state index is 9.50. The summed E-state index contributed by atoms with van der Waals surface area (Å²) in [7, 11) is 0. The summed E-state index contributed by atoms with van der Waals surface area (Å²) in [6.45, 7) is 7.46. The summed E-state index contributed by atoms with van der Waals surface area (Å²) < 4.78 is 11.4. The van der Waals surface area contributed by atoms with Crippen molar-refractivity contribution in [2.45, 2.75) is 39.0 Å². The summed E-state index contributed by atoms with van der Waals surface area (Å²) in [5.41, 5.74) is 2.19. The molecule has 4 rings (SSSR count). The molecule has 0 spiro atoms. The molecule has 3 aromatic rings. The number of rotatable bonds is 3. The molecule has 0 aliphatic carbocycles. The highest BCUT2D eigenvalue weighted by Crippen LogP contribution is 2.37. The van der Waals surface area contributed by atoms with Crippen LogP contribution >= 0.6 is 0 Å². The zero-order valence-corrected chi connectivity index (χ0v) is 15.7. The number of aryl methyl sites for hydroxylation is 2. The van der Waals surface area contributed by atoms with E-state index in [1.165, 1.54) is 0 Å². The molecule has 0 unspecified atom stereocenters. The summed E-state index contributed by atoms with van der Waals surface area (Å²) in [6.07, 6.45) is 1.67. The van der Waals surface area contributed by atoms with E-state index in [0.717, 1.165) is 37.1 Å². The van der Waals surface area contributed by atoms with Gasteiger partial charge in [-0.3, -0.25) is 0 Å². The lowest BCUT2D eigenvalue weighted by atomic mass is 9.80. The minimum absolute atomic E-state index is 0.162. The highest BCUT2D eigenvalue weighted by Gasteiger charge is 2.38. The molecule has 1 saturated heterocycles. The van der Waals surface area contributed by atoms with E-state index < -0.39 is 0 Å². The molecule has 0 N–H and O–H groups in total. The summed E-state index contributed by atoms with van der Waals surface area (Å²) in [6, 6.07) is 10.1. The van der Waals surface area contributed by atoms with Crippen LogP contribution in [0.15, 0.2) is 33.2 Å². The fraction of sp³-hybridized carbons (Fsp3) is 0.400. The first kappa shape index (κ1) is 17.3. The van der Waals surface area contributed by atoms with Gasteiger partial charge in [0.15, 0.2) is 5.82 Å². The second-order valence-electron chi connectivity index (χ2n) is 7.35. The van der Waals surface area contributed by atoms with Gasteiger partial charge >= 0.3 is 0 Å². The van der Waals surface area contributed by atoms with Crippen LogP contribution in [0.5, 0.6) is 0 Å². The summed E-state index contributed by atoms with van der Waals surface area (Å²) in [5, 5.41) is 13.4. The molecule has 138 valence electrons. The van der Waals surface area contributed by atoms with Crippen LogP contribution in [0.3, 0.4) is 0 Å². The van der Waals surface area contributed by atoms with Crippen molar-refractivity contribution in [3.63, 3.8) is 0 Å². The van der Waals surface area contributed by atoms with Crippen molar-refractivity contribution >= 4 is 5.88 Å². The molecular formula is C20H21N5O2. The average Bonchev–Trinajstić information content (AvgIpc) is 3.30. The van der Waals surface area contributed by atoms with Gasteiger partial charge in [0.2, 0.25) is 23.4 Å². The Morgan fingerprint density at radius 1 is 1.11 bits per heavy atom. The van der Waals surface area contributed by atoms with E-state index in [2.05, 4.69) is 33.0 Å². The van der Waals surface area contributed by atoms with Crippen molar-refractivity contribution in [1.29, 1.82) is 5.26 Å². The second kappa shape index (κ2) is 6.54. The molecule has 0 amide bonds. The Labute approximate surface area is 157 Å². The van der Waals surface area contributed by atoms with Crippen molar-refractivity contribution in [2.24, 2.45) is 0 Å². The van der Waals surface area contributed by atoms with E-state index in [-0.39, 0.29) is 5.41 Å². The SMILES string of the molecule is Cc1ccc(-c2nc(C#N)c(N3CCC(C)(c4nc(C)no4)CC3)o2)cc1. The van der Waals surface area contributed by atoms with Crippen LogP contribution in [0, 0.1) is 25.2 Å². The number of benzene rings is 1. The molecule has 0 atom stereocenters. The van der Waals surface area contributed by atoms with Gasteiger partial charge in [-0.1, -0.05) is 29.8 Å². The van der Waals surface area contributed by atoms with Crippen molar-refractivity contribution in [2.75, 3.05) is 18.0 Å². The van der Waals surface area contributed by atoms with Crippen molar-refractivity contribution < 1.29 is 8.94 Å². The van der Waals surface area contributed by atoms with Crippen LogP contribution in [-0.4, -0.2) is 28.2 Å². The molecule has 1 fully saturated rings. The lowest BCUT2D eigenvalue weighted by molar-refractivity contribution is 0.249. The van der Waals surface area contributed by atoms with Crippen LogP contribution in [-0.2, 0) is 5.41 Å². The molecule has 7 heteroatoms. The van der Waals surface area contributed by atoms with E-state index in [0.29, 0.717) is 29.2 Å².